The van der Waals surface area contributed by atoms with Crippen molar-refractivity contribution in [3.63, 3.8) is 0 Å². The van der Waals surface area contributed by atoms with Gasteiger partial charge in [-0.25, -0.2) is 4.39 Å². The summed E-state index contributed by atoms with van der Waals surface area (Å²) in [5, 5.41) is 27.7. The van der Waals surface area contributed by atoms with Crippen molar-refractivity contribution >= 4 is 29.2 Å². The lowest BCUT2D eigenvalue weighted by molar-refractivity contribution is -0.129. The number of ether oxygens (including phenoxy) is 1. The van der Waals surface area contributed by atoms with Crippen molar-refractivity contribution < 1.29 is 13.9 Å². The van der Waals surface area contributed by atoms with Crippen molar-refractivity contribution in [2.24, 2.45) is 0 Å². The highest BCUT2D eigenvalue weighted by Crippen LogP contribution is 2.34. The summed E-state index contributed by atoms with van der Waals surface area (Å²) in [4.78, 5) is 13.7. The van der Waals surface area contributed by atoms with Crippen molar-refractivity contribution in [3.05, 3.63) is 46.5 Å². The minimum Gasteiger partial charge on any atom is -0.393 e. The molecule has 9 nitrogen and oxygen atoms in total. The number of aromatic nitrogens is 2. The number of carbonyl (C=O) groups excluding carboxylic acids is 1. The van der Waals surface area contributed by atoms with Gasteiger partial charge < -0.3 is 25.7 Å². The molecule has 3 N–H and O–H groups in total. The number of carbonyl (C=O) groups is 1. The molecule has 166 valence electrons. The molecule has 1 amide bonds. The Morgan fingerprint density at radius 3 is 2.81 bits per heavy atom. The normalized spacial score (nSPS) is 16.1. The Balaban J connectivity index is 1.74. The molecule has 10 heteroatoms. The second kappa shape index (κ2) is 8.80. The van der Waals surface area contributed by atoms with Gasteiger partial charge in [-0.05, 0) is 6.07 Å². The lowest BCUT2D eigenvalue weighted by Crippen LogP contribution is -2.37. The number of hydrogen-bond acceptors (Lipinski definition) is 7. The fourth-order valence-corrected chi connectivity index (χ4v) is 3.98. The van der Waals surface area contributed by atoms with Crippen LogP contribution < -0.4 is 10.6 Å². The Kier molecular flexibility index (Phi) is 5.92. The second-order valence-corrected chi connectivity index (χ2v) is 7.72. The first-order valence-corrected chi connectivity index (χ1v) is 10.3. The number of fused-ring (bicyclic) bond motifs is 1. The lowest BCUT2D eigenvalue weighted by Gasteiger charge is -2.31. The molecular formula is C22H24FN7O2. The molecule has 1 aromatic heterocycles. The van der Waals surface area contributed by atoms with E-state index in [1.807, 2.05) is 10.8 Å². The number of anilines is 2. The van der Waals surface area contributed by atoms with Crippen LogP contribution in [-0.2, 0) is 22.5 Å². The highest BCUT2D eigenvalue weighted by Gasteiger charge is 2.32. The van der Waals surface area contributed by atoms with E-state index in [4.69, 9.17) is 10.1 Å². The molecule has 0 aliphatic carbocycles. The number of benzene rings is 1. The van der Waals surface area contributed by atoms with E-state index in [0.717, 1.165) is 17.5 Å². The zero-order valence-electron chi connectivity index (χ0n) is 17.9. The van der Waals surface area contributed by atoms with E-state index < -0.39 is 5.82 Å². The predicted octanol–water partition coefficient (Wildman–Crippen LogP) is 2.32. The molecule has 4 rings (SSSR count). The molecule has 0 saturated carbocycles. The Bertz CT molecular complexity index is 1140. The minimum absolute atomic E-state index is 0.0286. The summed E-state index contributed by atoms with van der Waals surface area (Å²) in [7, 11) is 1.67. The zero-order chi connectivity index (χ0) is 22.8. The van der Waals surface area contributed by atoms with Gasteiger partial charge >= 0.3 is 0 Å². The first kappa shape index (κ1) is 21.5. The number of allylic oxidation sites excluding steroid dienone is 1. The number of hydrogen-bond donors (Lipinski definition) is 3. The number of nitrogens with zero attached hydrogens (tertiary/aromatic N) is 4. The van der Waals surface area contributed by atoms with Gasteiger partial charge in [0.2, 0.25) is 5.91 Å². The smallest absolute Gasteiger partial charge is 0.219 e. The SMILES string of the molecule is CN/C=C(\C=N)c1ccc(Nc2nn(C3COC3)c3c2CN(C(C)=O)CC3)c(F)c1C#N. The van der Waals surface area contributed by atoms with Gasteiger partial charge in [0.1, 0.15) is 6.07 Å². The van der Waals surface area contributed by atoms with Crippen LogP contribution in [0.2, 0.25) is 0 Å². The van der Waals surface area contributed by atoms with E-state index in [1.54, 1.807) is 18.0 Å². The summed E-state index contributed by atoms with van der Waals surface area (Å²) < 4.78 is 22.5. The first-order valence-electron chi connectivity index (χ1n) is 10.3. The van der Waals surface area contributed by atoms with Crippen LogP contribution in [-0.4, -0.2) is 53.6 Å². The molecule has 0 spiro atoms. The second-order valence-electron chi connectivity index (χ2n) is 7.72. The number of rotatable bonds is 6. The van der Waals surface area contributed by atoms with Gasteiger partial charge in [-0.2, -0.15) is 10.4 Å². The molecule has 2 aliphatic heterocycles. The van der Waals surface area contributed by atoms with Gasteiger partial charge in [0.05, 0.1) is 37.1 Å². The van der Waals surface area contributed by atoms with E-state index in [0.29, 0.717) is 49.7 Å². The van der Waals surface area contributed by atoms with Crippen LogP contribution in [0.4, 0.5) is 15.9 Å². The lowest BCUT2D eigenvalue weighted by atomic mass is 10.00. The van der Waals surface area contributed by atoms with Crippen LogP contribution in [0.15, 0.2) is 18.3 Å². The molecule has 32 heavy (non-hydrogen) atoms. The molecule has 0 bridgehead atoms. The van der Waals surface area contributed by atoms with Crippen LogP contribution in [0, 0.1) is 22.6 Å². The van der Waals surface area contributed by atoms with E-state index >= 15 is 4.39 Å². The quantitative estimate of drug-likeness (QED) is 0.597. The Morgan fingerprint density at radius 1 is 1.44 bits per heavy atom. The standard InChI is InChI=1S/C22H24FN7O2/c1-13(31)29-6-5-20-18(10-29)22(28-30(20)15-11-32-12-15)27-19-4-3-16(14(7-24)9-26-2)17(8-25)21(19)23/h3-4,7,9,15,24,26H,5-6,10-12H2,1-2H3,(H,27,28)/b14-9+,24-7?. The molecule has 2 aliphatic rings. The van der Waals surface area contributed by atoms with E-state index in [9.17, 15) is 10.1 Å². The van der Waals surface area contributed by atoms with Crippen LogP contribution in [0.3, 0.4) is 0 Å². The van der Waals surface area contributed by atoms with Gasteiger partial charge in [-0.3, -0.25) is 9.48 Å². The molecule has 0 unspecified atom stereocenters. The van der Waals surface area contributed by atoms with Gasteiger partial charge in [-0.1, -0.05) is 6.07 Å². The summed E-state index contributed by atoms with van der Waals surface area (Å²) in [5.74, 6) is -0.283. The van der Waals surface area contributed by atoms with E-state index in [-0.39, 0.29) is 23.2 Å². The first-order chi connectivity index (χ1) is 15.5. The summed E-state index contributed by atoms with van der Waals surface area (Å²) in [6.07, 6.45) is 3.25. The van der Waals surface area contributed by atoms with Crippen LogP contribution >= 0.6 is 0 Å². The number of halogens is 1. The fraction of sp³-hybridized carbons (Fsp3) is 0.364. The van der Waals surface area contributed by atoms with Crippen LogP contribution in [0.1, 0.15) is 35.3 Å². The Labute approximate surface area is 185 Å². The molecular weight excluding hydrogens is 413 g/mol. The molecule has 1 aromatic carbocycles. The minimum atomic E-state index is -0.719. The van der Waals surface area contributed by atoms with Gasteiger partial charge in [0, 0.05) is 61.7 Å². The average molecular weight is 437 g/mol. The van der Waals surface area contributed by atoms with Crippen LogP contribution in [0.5, 0.6) is 0 Å². The highest BCUT2D eigenvalue weighted by molar-refractivity contribution is 6.09. The third-order valence-electron chi connectivity index (χ3n) is 5.77. The van der Waals surface area contributed by atoms with Gasteiger partial charge in [0.25, 0.3) is 0 Å². The number of nitrogens with one attached hydrogen (secondary N) is 3. The number of amides is 1. The topological polar surface area (TPSA) is 119 Å². The maximum atomic E-state index is 15.3. The Hall–Kier alpha value is -3.71. The largest absolute Gasteiger partial charge is 0.393 e. The van der Waals surface area contributed by atoms with Crippen molar-refractivity contribution in [1.82, 2.24) is 20.0 Å². The maximum absolute atomic E-state index is 15.3. The summed E-state index contributed by atoms with van der Waals surface area (Å²) in [6, 6.07) is 5.15. The molecule has 0 atom stereocenters. The predicted molar refractivity (Wildman–Crippen MR) is 117 cm³/mol. The third kappa shape index (κ3) is 3.71. The van der Waals surface area contributed by atoms with Crippen molar-refractivity contribution in [2.45, 2.75) is 25.9 Å². The molecule has 3 heterocycles. The number of nitriles is 1. The Morgan fingerprint density at radius 2 is 2.22 bits per heavy atom. The monoisotopic (exact) mass is 437 g/mol. The molecule has 2 aromatic rings. The van der Waals surface area contributed by atoms with Crippen molar-refractivity contribution in [2.75, 3.05) is 32.1 Å². The molecule has 1 fully saturated rings. The van der Waals surface area contributed by atoms with E-state index in [1.165, 1.54) is 19.2 Å². The highest BCUT2D eigenvalue weighted by atomic mass is 19.1. The molecule has 0 radical (unpaired) electrons. The average Bonchev–Trinajstić information content (AvgIpc) is 3.09. The summed E-state index contributed by atoms with van der Waals surface area (Å²) >= 11 is 0. The summed E-state index contributed by atoms with van der Waals surface area (Å²) in [5.41, 5.74) is 2.51. The third-order valence-corrected chi connectivity index (χ3v) is 5.77. The van der Waals surface area contributed by atoms with Crippen molar-refractivity contribution in [3.8, 4) is 6.07 Å². The fourth-order valence-electron chi connectivity index (χ4n) is 3.98. The maximum Gasteiger partial charge on any atom is 0.219 e. The molecule has 1 saturated heterocycles. The van der Waals surface area contributed by atoms with Crippen LogP contribution in [0.25, 0.3) is 5.57 Å². The van der Waals surface area contributed by atoms with Gasteiger partial charge in [0.15, 0.2) is 11.6 Å². The zero-order valence-corrected chi connectivity index (χ0v) is 17.9. The van der Waals surface area contributed by atoms with E-state index in [2.05, 4.69) is 15.7 Å². The summed E-state index contributed by atoms with van der Waals surface area (Å²) in [6.45, 7) is 3.65. The van der Waals surface area contributed by atoms with Gasteiger partial charge in [-0.15, -0.1) is 0 Å². The van der Waals surface area contributed by atoms with Crippen molar-refractivity contribution in [1.29, 1.82) is 10.7 Å².